The first-order valence-corrected chi connectivity index (χ1v) is 5.35. The molecule has 0 amide bonds. The average molecular weight is 218 g/mol. The Labute approximate surface area is 92.0 Å². The second-order valence-electron chi connectivity index (χ2n) is 3.30. The molecule has 4 heteroatoms. The van der Waals surface area contributed by atoms with Gasteiger partial charge in [0.2, 0.25) is 5.78 Å². The van der Waals surface area contributed by atoms with Crippen molar-refractivity contribution in [2.45, 2.75) is 13.8 Å². The van der Waals surface area contributed by atoms with E-state index < -0.39 is 0 Å². The van der Waals surface area contributed by atoms with Crippen molar-refractivity contribution in [2.75, 3.05) is 0 Å². The fourth-order valence-corrected chi connectivity index (χ4v) is 1.76. The first-order valence-electron chi connectivity index (χ1n) is 4.58. The number of carbonyl (C=O) groups is 1. The quantitative estimate of drug-likeness (QED) is 0.727. The molecule has 0 bridgehead atoms. The van der Waals surface area contributed by atoms with Crippen LogP contribution in [0.3, 0.4) is 0 Å². The number of aromatic nitrogens is 2. The van der Waals surface area contributed by atoms with Crippen LogP contribution < -0.4 is 0 Å². The largest absolute Gasteiger partial charge is 0.286 e. The first-order chi connectivity index (χ1) is 7.18. The summed E-state index contributed by atoms with van der Waals surface area (Å²) in [5.74, 6) is -0.0550. The Morgan fingerprint density at radius 2 is 2.07 bits per heavy atom. The number of rotatable bonds is 2. The molecule has 0 aliphatic rings. The highest BCUT2D eigenvalue weighted by Gasteiger charge is 2.12. The Hall–Kier alpha value is -1.55. The molecule has 2 heterocycles. The maximum absolute atomic E-state index is 11.9. The Balaban J connectivity index is 2.39. The van der Waals surface area contributed by atoms with Crippen LogP contribution in [-0.4, -0.2) is 15.1 Å². The van der Waals surface area contributed by atoms with Crippen molar-refractivity contribution in [2.24, 2.45) is 0 Å². The summed E-state index contributed by atoms with van der Waals surface area (Å²) >= 11 is 1.20. The normalized spacial score (nSPS) is 10.3. The summed E-state index contributed by atoms with van der Waals surface area (Å²) < 4.78 is 3.90. The molecule has 0 aliphatic heterocycles. The number of carbonyl (C=O) groups excluding carboxylic acids is 1. The van der Waals surface area contributed by atoms with E-state index in [1.54, 1.807) is 18.3 Å². The zero-order chi connectivity index (χ0) is 10.8. The van der Waals surface area contributed by atoms with Crippen LogP contribution in [0.1, 0.15) is 26.6 Å². The molecule has 0 unspecified atom stereocenters. The van der Waals surface area contributed by atoms with Crippen molar-refractivity contribution < 1.29 is 4.79 Å². The molecule has 0 atom stereocenters. The molecule has 0 aromatic carbocycles. The van der Waals surface area contributed by atoms with Crippen molar-refractivity contribution in [3.63, 3.8) is 0 Å². The van der Waals surface area contributed by atoms with Gasteiger partial charge in [0.15, 0.2) is 0 Å². The summed E-state index contributed by atoms with van der Waals surface area (Å²) in [6.45, 7) is 3.88. The lowest BCUT2D eigenvalue weighted by Crippen LogP contribution is -2.03. The zero-order valence-corrected chi connectivity index (χ0v) is 9.34. The minimum atomic E-state index is -0.0550. The van der Waals surface area contributed by atoms with E-state index in [1.807, 2.05) is 19.9 Å². The molecule has 15 heavy (non-hydrogen) atoms. The van der Waals surface area contributed by atoms with E-state index in [0.29, 0.717) is 10.6 Å². The number of nitrogens with zero attached hydrogens (tertiary/aromatic N) is 2. The highest BCUT2D eigenvalue weighted by Crippen LogP contribution is 2.13. The van der Waals surface area contributed by atoms with Gasteiger partial charge in [-0.15, -0.1) is 0 Å². The fraction of sp³-hybridized carbons (Fsp3) is 0.182. The van der Waals surface area contributed by atoms with Gasteiger partial charge in [-0.2, -0.15) is 0 Å². The molecular weight excluding hydrogens is 208 g/mol. The maximum atomic E-state index is 11.9. The van der Waals surface area contributed by atoms with Gasteiger partial charge in [-0.3, -0.25) is 4.79 Å². The molecule has 0 aliphatic carbocycles. The van der Waals surface area contributed by atoms with Crippen LogP contribution >= 0.6 is 11.5 Å². The van der Waals surface area contributed by atoms with Gasteiger partial charge < -0.3 is 0 Å². The lowest BCUT2D eigenvalue weighted by atomic mass is 10.1. The second kappa shape index (κ2) is 3.90. The van der Waals surface area contributed by atoms with Crippen LogP contribution in [0.15, 0.2) is 24.4 Å². The van der Waals surface area contributed by atoms with E-state index in [1.165, 1.54) is 11.5 Å². The Bertz CT molecular complexity index is 491. The van der Waals surface area contributed by atoms with Gasteiger partial charge in [0.05, 0.1) is 4.88 Å². The predicted octanol–water partition coefficient (Wildman–Crippen LogP) is 2.39. The van der Waals surface area contributed by atoms with Gasteiger partial charge in [-0.25, -0.2) is 9.36 Å². The minimum Gasteiger partial charge on any atom is -0.286 e. The molecule has 0 N–H and O–H groups in total. The molecule has 0 spiro atoms. The zero-order valence-electron chi connectivity index (χ0n) is 8.52. The summed E-state index contributed by atoms with van der Waals surface area (Å²) in [5, 5.41) is 0. The highest BCUT2D eigenvalue weighted by atomic mass is 32.1. The minimum absolute atomic E-state index is 0.0550. The van der Waals surface area contributed by atoms with Gasteiger partial charge in [-0.1, -0.05) is 6.07 Å². The number of pyridine rings is 1. The van der Waals surface area contributed by atoms with Crippen LogP contribution in [0.5, 0.6) is 0 Å². The summed E-state index contributed by atoms with van der Waals surface area (Å²) in [6, 6.07) is 5.38. The van der Waals surface area contributed by atoms with E-state index in [-0.39, 0.29) is 5.78 Å². The predicted molar refractivity (Wildman–Crippen MR) is 59.3 cm³/mol. The van der Waals surface area contributed by atoms with Crippen molar-refractivity contribution in [3.8, 4) is 0 Å². The van der Waals surface area contributed by atoms with Gasteiger partial charge in [0.25, 0.3) is 0 Å². The summed E-state index contributed by atoms with van der Waals surface area (Å²) in [5.41, 5.74) is 2.48. The summed E-state index contributed by atoms with van der Waals surface area (Å²) in [6.07, 6.45) is 1.62. The molecule has 2 rings (SSSR count). The molecule has 0 radical (unpaired) electrons. The average Bonchev–Trinajstić information content (AvgIpc) is 2.74. The van der Waals surface area contributed by atoms with E-state index in [9.17, 15) is 4.79 Å². The first kappa shape index (κ1) is 9.98. The Morgan fingerprint density at radius 3 is 2.67 bits per heavy atom. The highest BCUT2D eigenvalue weighted by molar-refractivity contribution is 7.08. The van der Waals surface area contributed by atoms with Gasteiger partial charge >= 0.3 is 0 Å². The molecule has 2 aromatic rings. The van der Waals surface area contributed by atoms with Crippen molar-refractivity contribution >= 4 is 17.3 Å². The van der Waals surface area contributed by atoms with Gasteiger partial charge in [0, 0.05) is 11.9 Å². The summed E-state index contributed by atoms with van der Waals surface area (Å²) in [4.78, 5) is 16.8. The van der Waals surface area contributed by atoms with E-state index >= 15 is 0 Å². The fourth-order valence-electron chi connectivity index (χ4n) is 1.22. The van der Waals surface area contributed by atoms with Crippen LogP contribution in [0, 0.1) is 13.8 Å². The van der Waals surface area contributed by atoms with Crippen LogP contribution in [0.4, 0.5) is 0 Å². The van der Waals surface area contributed by atoms with Crippen molar-refractivity contribution in [1.82, 2.24) is 9.36 Å². The smallest absolute Gasteiger partial charge is 0.222 e. The van der Waals surface area contributed by atoms with Crippen molar-refractivity contribution in [1.29, 1.82) is 0 Å². The molecule has 2 aromatic heterocycles. The standard InChI is InChI=1S/C11H10N2OS/c1-7-3-4-9(13-8(7)2)11(14)10-5-6-12-15-10/h3-6H,1-2H3. The third-order valence-electron chi connectivity index (χ3n) is 2.24. The Morgan fingerprint density at radius 1 is 1.27 bits per heavy atom. The van der Waals surface area contributed by atoms with E-state index in [2.05, 4.69) is 9.36 Å². The number of aryl methyl sites for hydroxylation is 2. The van der Waals surface area contributed by atoms with Crippen LogP contribution in [0.25, 0.3) is 0 Å². The molecule has 76 valence electrons. The number of hydrogen-bond acceptors (Lipinski definition) is 4. The maximum Gasteiger partial charge on any atom is 0.222 e. The molecule has 0 saturated carbocycles. The van der Waals surface area contributed by atoms with Gasteiger partial charge in [0.1, 0.15) is 5.69 Å². The monoisotopic (exact) mass is 218 g/mol. The van der Waals surface area contributed by atoms with Crippen LogP contribution in [-0.2, 0) is 0 Å². The number of hydrogen-bond donors (Lipinski definition) is 0. The molecule has 0 saturated heterocycles. The lowest BCUT2D eigenvalue weighted by molar-refractivity contribution is 0.103. The van der Waals surface area contributed by atoms with E-state index in [0.717, 1.165) is 11.3 Å². The third-order valence-corrected chi connectivity index (χ3v) is 2.99. The Kier molecular flexibility index (Phi) is 2.60. The lowest BCUT2D eigenvalue weighted by Gasteiger charge is -2.01. The van der Waals surface area contributed by atoms with Crippen LogP contribution in [0.2, 0.25) is 0 Å². The molecular formula is C11H10N2OS. The van der Waals surface area contributed by atoms with Crippen molar-refractivity contribution in [3.05, 3.63) is 46.2 Å². The summed E-state index contributed by atoms with van der Waals surface area (Å²) in [7, 11) is 0. The second-order valence-corrected chi connectivity index (χ2v) is 4.14. The van der Waals surface area contributed by atoms with E-state index in [4.69, 9.17) is 0 Å². The third kappa shape index (κ3) is 1.94. The number of ketones is 1. The molecule has 0 fully saturated rings. The van der Waals surface area contributed by atoms with Gasteiger partial charge in [-0.05, 0) is 43.1 Å². The SMILES string of the molecule is Cc1ccc(C(=O)c2ccns2)nc1C. The molecule has 3 nitrogen and oxygen atoms in total. The topological polar surface area (TPSA) is 42.9 Å².